The van der Waals surface area contributed by atoms with Gasteiger partial charge in [-0.25, -0.2) is 4.98 Å². The first kappa shape index (κ1) is 18.8. The van der Waals surface area contributed by atoms with Crippen LogP contribution in [-0.2, 0) is 16.0 Å². The highest BCUT2D eigenvalue weighted by Crippen LogP contribution is 2.53. The molecule has 0 aliphatic carbocycles. The van der Waals surface area contributed by atoms with E-state index in [1.807, 2.05) is 42.2 Å². The zero-order chi connectivity index (χ0) is 20.7. The van der Waals surface area contributed by atoms with Gasteiger partial charge in [0.15, 0.2) is 0 Å². The molecule has 154 valence electrons. The Hall–Kier alpha value is -3.22. The summed E-state index contributed by atoms with van der Waals surface area (Å²) in [4.78, 5) is 32.7. The fourth-order valence-electron chi connectivity index (χ4n) is 5.26. The minimum Gasteiger partial charge on any atom is -0.465 e. The van der Waals surface area contributed by atoms with Crippen LogP contribution in [0.15, 0.2) is 53.2 Å². The number of fused-ring (bicyclic) bond motifs is 3. The SMILES string of the molecule is CCOC(=O)[C@@]1(Cc2ccccc2)C[C@H]2CC[C@@H]1N2C(=O)c1onc2ncccc12. The van der Waals surface area contributed by atoms with E-state index in [-0.39, 0.29) is 29.7 Å². The lowest BCUT2D eigenvalue weighted by atomic mass is 9.70. The fourth-order valence-corrected chi connectivity index (χ4v) is 5.26. The van der Waals surface area contributed by atoms with Crippen LogP contribution in [0.1, 0.15) is 42.3 Å². The Balaban J connectivity index is 1.52. The molecule has 7 nitrogen and oxygen atoms in total. The van der Waals surface area contributed by atoms with Gasteiger partial charge in [-0.05, 0) is 50.3 Å². The van der Waals surface area contributed by atoms with E-state index in [0.717, 1.165) is 18.4 Å². The van der Waals surface area contributed by atoms with Gasteiger partial charge in [-0.3, -0.25) is 9.59 Å². The molecule has 2 bridgehead atoms. The number of aromatic nitrogens is 2. The van der Waals surface area contributed by atoms with E-state index >= 15 is 0 Å². The molecule has 3 aromatic rings. The van der Waals surface area contributed by atoms with Gasteiger partial charge in [0.2, 0.25) is 11.4 Å². The van der Waals surface area contributed by atoms with Crippen molar-refractivity contribution in [2.24, 2.45) is 5.41 Å². The highest BCUT2D eigenvalue weighted by Gasteiger charge is 2.62. The van der Waals surface area contributed by atoms with Crippen molar-refractivity contribution in [1.29, 1.82) is 0 Å². The van der Waals surface area contributed by atoms with Crippen LogP contribution in [0.5, 0.6) is 0 Å². The highest BCUT2D eigenvalue weighted by atomic mass is 16.5. The topological polar surface area (TPSA) is 85.5 Å². The third kappa shape index (κ3) is 2.80. The van der Waals surface area contributed by atoms with Crippen molar-refractivity contribution in [3.05, 3.63) is 60.0 Å². The summed E-state index contributed by atoms with van der Waals surface area (Å²) in [6.45, 7) is 2.14. The van der Waals surface area contributed by atoms with Crippen molar-refractivity contribution in [3.63, 3.8) is 0 Å². The molecule has 30 heavy (non-hydrogen) atoms. The van der Waals surface area contributed by atoms with Crippen LogP contribution in [-0.4, -0.2) is 45.6 Å². The lowest BCUT2D eigenvalue weighted by molar-refractivity contribution is -0.157. The first-order valence-electron chi connectivity index (χ1n) is 10.4. The van der Waals surface area contributed by atoms with E-state index in [1.165, 1.54) is 0 Å². The predicted molar refractivity (Wildman–Crippen MR) is 109 cm³/mol. The van der Waals surface area contributed by atoms with Gasteiger partial charge in [0.1, 0.15) is 0 Å². The average molecular weight is 405 g/mol. The van der Waals surface area contributed by atoms with Crippen LogP contribution in [0, 0.1) is 5.41 Å². The van der Waals surface area contributed by atoms with Crippen LogP contribution >= 0.6 is 0 Å². The molecule has 0 N–H and O–H groups in total. The zero-order valence-corrected chi connectivity index (χ0v) is 16.8. The quantitative estimate of drug-likeness (QED) is 0.605. The van der Waals surface area contributed by atoms with Gasteiger partial charge in [-0.1, -0.05) is 35.5 Å². The van der Waals surface area contributed by atoms with Crippen LogP contribution in [0.3, 0.4) is 0 Å². The maximum absolute atomic E-state index is 13.5. The summed E-state index contributed by atoms with van der Waals surface area (Å²) in [7, 11) is 0. The molecule has 2 aliphatic rings. The van der Waals surface area contributed by atoms with E-state index in [2.05, 4.69) is 10.1 Å². The second-order valence-corrected chi connectivity index (χ2v) is 8.09. The normalized spacial score (nSPS) is 25.0. The second kappa shape index (κ2) is 7.23. The zero-order valence-electron chi connectivity index (χ0n) is 16.8. The summed E-state index contributed by atoms with van der Waals surface area (Å²) in [5, 5.41) is 4.52. The number of amides is 1. The lowest BCUT2D eigenvalue weighted by Crippen LogP contribution is -2.47. The largest absolute Gasteiger partial charge is 0.465 e. The van der Waals surface area contributed by atoms with E-state index in [1.54, 1.807) is 18.3 Å². The molecule has 0 radical (unpaired) electrons. The summed E-state index contributed by atoms with van der Waals surface area (Å²) >= 11 is 0. The summed E-state index contributed by atoms with van der Waals surface area (Å²) < 4.78 is 10.9. The van der Waals surface area contributed by atoms with Crippen molar-refractivity contribution >= 4 is 22.9 Å². The molecular weight excluding hydrogens is 382 g/mol. The number of esters is 1. The Morgan fingerprint density at radius 3 is 2.83 bits per heavy atom. The molecule has 1 amide bonds. The van der Waals surface area contributed by atoms with Gasteiger partial charge in [0.05, 0.1) is 17.4 Å². The first-order valence-corrected chi connectivity index (χ1v) is 10.4. The molecule has 3 atom stereocenters. The minimum absolute atomic E-state index is 0.0209. The third-order valence-electron chi connectivity index (χ3n) is 6.47. The van der Waals surface area contributed by atoms with E-state index in [4.69, 9.17) is 9.26 Å². The molecule has 4 heterocycles. The van der Waals surface area contributed by atoms with Crippen molar-refractivity contribution in [3.8, 4) is 0 Å². The van der Waals surface area contributed by atoms with Gasteiger partial charge in [-0.2, -0.15) is 0 Å². The predicted octanol–water partition coefficient (Wildman–Crippen LogP) is 3.39. The van der Waals surface area contributed by atoms with E-state index in [0.29, 0.717) is 30.5 Å². The number of hydrogen-bond donors (Lipinski definition) is 0. The maximum atomic E-state index is 13.5. The van der Waals surface area contributed by atoms with Gasteiger partial charge in [-0.15, -0.1) is 0 Å². The molecule has 2 aliphatic heterocycles. The van der Waals surface area contributed by atoms with Crippen LogP contribution in [0.4, 0.5) is 0 Å². The molecule has 5 rings (SSSR count). The Bertz CT molecular complexity index is 1100. The number of nitrogens with zero attached hydrogens (tertiary/aromatic N) is 3. The molecule has 2 fully saturated rings. The Morgan fingerprint density at radius 2 is 2.03 bits per heavy atom. The number of benzene rings is 1. The summed E-state index contributed by atoms with van der Waals surface area (Å²) in [6, 6.07) is 13.2. The Labute approximate surface area is 174 Å². The maximum Gasteiger partial charge on any atom is 0.314 e. The lowest BCUT2D eigenvalue weighted by Gasteiger charge is -2.35. The smallest absolute Gasteiger partial charge is 0.314 e. The number of pyridine rings is 1. The molecule has 1 aromatic carbocycles. The summed E-state index contributed by atoms with van der Waals surface area (Å²) in [5.74, 6) is -0.255. The van der Waals surface area contributed by atoms with Crippen molar-refractivity contribution in [2.75, 3.05) is 6.61 Å². The van der Waals surface area contributed by atoms with Gasteiger partial charge >= 0.3 is 5.97 Å². The standard InChI is InChI=1S/C23H23N3O4/c1-2-29-22(28)23(13-15-7-4-3-5-8-15)14-16-10-11-18(23)26(16)21(27)19-17-9-6-12-24-20(17)25-30-19/h3-9,12,16,18H,2,10-11,13-14H2,1H3/t16-,18+,23+/m1/s1. The molecule has 2 saturated heterocycles. The highest BCUT2D eigenvalue weighted by molar-refractivity contribution is 6.03. The molecule has 2 aromatic heterocycles. The van der Waals surface area contributed by atoms with Crippen molar-refractivity contribution in [1.82, 2.24) is 15.0 Å². The number of carbonyl (C=O) groups excluding carboxylic acids is 2. The molecule has 0 spiro atoms. The van der Waals surface area contributed by atoms with Crippen LogP contribution in [0.2, 0.25) is 0 Å². The van der Waals surface area contributed by atoms with Crippen molar-refractivity contribution < 1.29 is 18.8 Å². The molecule has 0 saturated carbocycles. The average Bonchev–Trinajstić information content (AvgIpc) is 3.46. The summed E-state index contributed by atoms with van der Waals surface area (Å²) in [5.41, 5.74) is 0.734. The van der Waals surface area contributed by atoms with Crippen molar-refractivity contribution in [2.45, 2.75) is 44.7 Å². The monoisotopic (exact) mass is 405 g/mol. The number of hydrogen-bond acceptors (Lipinski definition) is 6. The second-order valence-electron chi connectivity index (χ2n) is 8.09. The third-order valence-corrected chi connectivity index (χ3v) is 6.47. The molecule has 7 heteroatoms. The molecule has 0 unspecified atom stereocenters. The van der Waals surface area contributed by atoms with E-state index < -0.39 is 5.41 Å². The van der Waals surface area contributed by atoms with Gasteiger partial charge < -0.3 is 14.2 Å². The van der Waals surface area contributed by atoms with Gasteiger partial charge in [0.25, 0.3) is 5.91 Å². The summed E-state index contributed by atoms with van der Waals surface area (Å²) in [6.07, 6.45) is 4.41. The first-order chi connectivity index (χ1) is 14.6. The van der Waals surface area contributed by atoms with E-state index in [9.17, 15) is 9.59 Å². The van der Waals surface area contributed by atoms with Gasteiger partial charge in [0, 0.05) is 18.3 Å². The van der Waals surface area contributed by atoms with Crippen LogP contribution in [0.25, 0.3) is 11.0 Å². The number of carbonyl (C=O) groups is 2. The number of ether oxygens (including phenoxy) is 1. The molecular formula is C23H23N3O4. The van der Waals surface area contributed by atoms with Crippen LogP contribution < -0.4 is 0 Å². The fraction of sp³-hybridized carbons (Fsp3) is 0.391. The Kier molecular flexibility index (Phi) is 4.53. The Morgan fingerprint density at radius 1 is 1.20 bits per heavy atom. The number of rotatable bonds is 5. The minimum atomic E-state index is -0.746.